The third-order valence-corrected chi connectivity index (χ3v) is 1.38. The Morgan fingerprint density at radius 1 is 1.33 bits per heavy atom. The number of aromatic nitrogens is 1. The standard InChI is InChI=1S/C7H5F5N2O/c8-5(9)3-1-4(6(13)14-2-3)15-7(10,11)12/h1-2,5H,(H2,13,14). The van der Waals surface area contributed by atoms with Gasteiger partial charge in [-0.05, 0) is 6.07 Å². The summed E-state index contributed by atoms with van der Waals surface area (Å²) in [5, 5.41) is 0. The van der Waals surface area contributed by atoms with Crippen LogP contribution in [0.1, 0.15) is 12.0 Å². The Morgan fingerprint density at radius 2 is 1.93 bits per heavy atom. The fraction of sp³-hybridized carbons (Fsp3) is 0.286. The minimum absolute atomic E-state index is 0.500. The first-order chi connectivity index (χ1) is 6.79. The van der Waals surface area contributed by atoms with E-state index in [-0.39, 0.29) is 0 Å². The molecule has 3 nitrogen and oxygen atoms in total. The highest BCUT2D eigenvalue weighted by Crippen LogP contribution is 2.30. The second-order valence-corrected chi connectivity index (χ2v) is 2.50. The highest BCUT2D eigenvalue weighted by molar-refractivity contribution is 5.47. The normalized spacial score (nSPS) is 11.9. The lowest BCUT2D eigenvalue weighted by Gasteiger charge is -2.11. The van der Waals surface area contributed by atoms with Crippen LogP contribution >= 0.6 is 0 Å². The van der Waals surface area contributed by atoms with Crippen LogP contribution in [0.3, 0.4) is 0 Å². The molecule has 0 spiro atoms. The highest BCUT2D eigenvalue weighted by Gasteiger charge is 2.32. The molecule has 0 atom stereocenters. The SMILES string of the molecule is Nc1ncc(C(F)F)cc1OC(F)(F)F. The summed E-state index contributed by atoms with van der Waals surface area (Å²) in [6, 6.07) is 0.500. The van der Waals surface area contributed by atoms with Crippen LogP contribution in [-0.4, -0.2) is 11.3 Å². The third kappa shape index (κ3) is 3.22. The van der Waals surface area contributed by atoms with E-state index in [9.17, 15) is 22.0 Å². The number of ether oxygens (including phenoxy) is 1. The van der Waals surface area contributed by atoms with Crippen LogP contribution in [0.15, 0.2) is 12.3 Å². The number of hydrogen-bond acceptors (Lipinski definition) is 3. The van der Waals surface area contributed by atoms with Crippen LogP contribution in [0.2, 0.25) is 0 Å². The quantitative estimate of drug-likeness (QED) is 0.791. The summed E-state index contributed by atoms with van der Waals surface area (Å²) in [4.78, 5) is 3.16. The summed E-state index contributed by atoms with van der Waals surface area (Å²) in [6.45, 7) is 0. The second kappa shape index (κ2) is 3.87. The molecule has 1 aromatic heterocycles. The minimum Gasteiger partial charge on any atom is -0.402 e. The number of hydrogen-bond donors (Lipinski definition) is 1. The van der Waals surface area contributed by atoms with Crippen LogP contribution in [0.25, 0.3) is 0 Å². The van der Waals surface area contributed by atoms with Gasteiger partial charge in [-0.25, -0.2) is 13.8 Å². The van der Waals surface area contributed by atoms with E-state index in [0.717, 1.165) is 0 Å². The molecule has 0 fully saturated rings. The first kappa shape index (κ1) is 11.5. The maximum Gasteiger partial charge on any atom is 0.573 e. The Morgan fingerprint density at radius 3 is 2.40 bits per heavy atom. The summed E-state index contributed by atoms with van der Waals surface area (Å²) >= 11 is 0. The van der Waals surface area contributed by atoms with Crippen molar-refractivity contribution in [2.45, 2.75) is 12.8 Å². The summed E-state index contributed by atoms with van der Waals surface area (Å²) in [6.07, 6.45) is -7.24. The molecule has 0 aliphatic carbocycles. The van der Waals surface area contributed by atoms with Crippen LogP contribution < -0.4 is 10.5 Å². The van der Waals surface area contributed by atoms with Crippen molar-refractivity contribution in [2.75, 3.05) is 5.73 Å². The van der Waals surface area contributed by atoms with Crippen molar-refractivity contribution in [3.05, 3.63) is 17.8 Å². The van der Waals surface area contributed by atoms with Gasteiger partial charge in [-0.2, -0.15) is 0 Å². The molecular weight excluding hydrogens is 223 g/mol. The Bertz CT molecular complexity index is 352. The molecule has 0 saturated heterocycles. The second-order valence-electron chi connectivity index (χ2n) is 2.50. The maximum atomic E-state index is 12.1. The van der Waals surface area contributed by atoms with Gasteiger partial charge in [0.25, 0.3) is 6.43 Å². The molecule has 0 bridgehead atoms. The van der Waals surface area contributed by atoms with Gasteiger partial charge in [0.2, 0.25) is 0 Å². The smallest absolute Gasteiger partial charge is 0.402 e. The number of nitrogen functional groups attached to an aromatic ring is 1. The number of nitrogens with zero attached hydrogens (tertiary/aromatic N) is 1. The summed E-state index contributed by atoms with van der Waals surface area (Å²) in [7, 11) is 0. The van der Waals surface area contributed by atoms with Crippen molar-refractivity contribution in [1.82, 2.24) is 4.98 Å². The van der Waals surface area contributed by atoms with Gasteiger partial charge in [0.1, 0.15) is 0 Å². The lowest BCUT2D eigenvalue weighted by atomic mass is 10.3. The predicted octanol–water partition coefficient (Wildman–Crippen LogP) is 2.50. The molecule has 0 aromatic carbocycles. The fourth-order valence-electron chi connectivity index (χ4n) is 0.796. The molecule has 0 unspecified atom stereocenters. The van der Waals surface area contributed by atoms with E-state index in [2.05, 4.69) is 9.72 Å². The van der Waals surface area contributed by atoms with Crippen LogP contribution in [0.4, 0.5) is 27.8 Å². The van der Waals surface area contributed by atoms with Crippen LogP contribution in [0.5, 0.6) is 5.75 Å². The topological polar surface area (TPSA) is 48.1 Å². The van der Waals surface area contributed by atoms with Gasteiger partial charge in [0.15, 0.2) is 11.6 Å². The molecule has 15 heavy (non-hydrogen) atoms. The molecule has 1 rings (SSSR count). The molecule has 0 amide bonds. The number of pyridine rings is 1. The average Bonchev–Trinajstić information content (AvgIpc) is 2.06. The van der Waals surface area contributed by atoms with Crippen molar-refractivity contribution in [3.8, 4) is 5.75 Å². The summed E-state index contributed by atoms with van der Waals surface area (Å²) in [5.74, 6) is -1.53. The van der Waals surface area contributed by atoms with Gasteiger partial charge in [-0.1, -0.05) is 0 Å². The van der Waals surface area contributed by atoms with Crippen molar-refractivity contribution in [3.63, 3.8) is 0 Å². The monoisotopic (exact) mass is 228 g/mol. The molecule has 84 valence electrons. The lowest BCUT2D eigenvalue weighted by molar-refractivity contribution is -0.274. The van der Waals surface area contributed by atoms with Crippen LogP contribution in [0, 0.1) is 0 Å². The first-order valence-corrected chi connectivity index (χ1v) is 3.59. The van der Waals surface area contributed by atoms with E-state index in [1.807, 2.05) is 0 Å². The van der Waals surface area contributed by atoms with E-state index in [1.54, 1.807) is 0 Å². The van der Waals surface area contributed by atoms with Gasteiger partial charge in [0.05, 0.1) is 0 Å². The molecule has 2 N–H and O–H groups in total. The summed E-state index contributed by atoms with van der Waals surface area (Å²) in [5.41, 5.74) is 4.32. The van der Waals surface area contributed by atoms with Gasteiger partial charge < -0.3 is 10.5 Å². The molecule has 0 aliphatic heterocycles. The first-order valence-electron chi connectivity index (χ1n) is 3.59. The summed E-state index contributed by atoms with van der Waals surface area (Å²) < 4.78 is 62.9. The van der Waals surface area contributed by atoms with Gasteiger partial charge >= 0.3 is 6.36 Å². The predicted molar refractivity (Wildman–Crippen MR) is 40.3 cm³/mol. The number of nitrogens with two attached hydrogens (primary N) is 1. The van der Waals surface area contributed by atoms with E-state index < -0.39 is 29.9 Å². The fourth-order valence-corrected chi connectivity index (χ4v) is 0.796. The minimum atomic E-state index is -4.99. The Kier molecular flexibility index (Phi) is 2.96. The molecular formula is C7H5F5N2O. The maximum absolute atomic E-state index is 12.1. The van der Waals surface area contributed by atoms with E-state index in [1.165, 1.54) is 0 Å². The van der Waals surface area contributed by atoms with Crippen molar-refractivity contribution < 1.29 is 26.7 Å². The Hall–Kier alpha value is -1.60. The Balaban J connectivity index is 3.01. The highest BCUT2D eigenvalue weighted by atomic mass is 19.4. The zero-order chi connectivity index (χ0) is 11.6. The van der Waals surface area contributed by atoms with Crippen molar-refractivity contribution >= 4 is 5.82 Å². The molecule has 0 aliphatic rings. The van der Waals surface area contributed by atoms with Gasteiger partial charge in [-0.3, -0.25) is 0 Å². The third-order valence-electron chi connectivity index (χ3n) is 1.38. The van der Waals surface area contributed by atoms with Gasteiger partial charge in [0, 0.05) is 11.8 Å². The van der Waals surface area contributed by atoms with E-state index in [0.29, 0.717) is 12.3 Å². The Labute approximate surface area is 80.7 Å². The molecule has 0 saturated carbocycles. The number of anilines is 1. The molecule has 1 aromatic rings. The largest absolute Gasteiger partial charge is 0.573 e. The van der Waals surface area contributed by atoms with Crippen molar-refractivity contribution in [1.29, 1.82) is 0 Å². The number of rotatable bonds is 2. The number of halogens is 5. The van der Waals surface area contributed by atoms with E-state index >= 15 is 0 Å². The molecule has 1 heterocycles. The van der Waals surface area contributed by atoms with Crippen molar-refractivity contribution in [2.24, 2.45) is 0 Å². The average molecular weight is 228 g/mol. The molecule has 0 radical (unpaired) electrons. The number of alkyl halides is 5. The van der Waals surface area contributed by atoms with Gasteiger partial charge in [-0.15, -0.1) is 13.2 Å². The lowest BCUT2D eigenvalue weighted by Crippen LogP contribution is -2.18. The van der Waals surface area contributed by atoms with E-state index in [4.69, 9.17) is 5.73 Å². The zero-order valence-corrected chi connectivity index (χ0v) is 7.05. The molecule has 8 heteroatoms. The van der Waals surface area contributed by atoms with Crippen LogP contribution in [-0.2, 0) is 0 Å². The zero-order valence-electron chi connectivity index (χ0n) is 7.05.